The minimum Gasteiger partial charge on any atom is -0.388 e. The van der Waals surface area contributed by atoms with Crippen molar-refractivity contribution in [3.63, 3.8) is 0 Å². The Morgan fingerprint density at radius 2 is 1.89 bits per heavy atom. The minimum atomic E-state index is -0.534. The Labute approximate surface area is 118 Å². The van der Waals surface area contributed by atoms with Crippen molar-refractivity contribution in [2.75, 3.05) is 0 Å². The SMILES string of the molecule is CC1(C)OC2[C@@H](C(O)c3ccc(Cl)cc3)CC[C@@H]2O1. The number of aliphatic hydroxyl groups is 1. The standard InChI is InChI=1S/C15H19ClO3/c1-15(2)18-12-8-7-11(14(12)19-15)13(17)9-3-5-10(16)6-4-9/h3-6,11-14,17H,7-8H2,1-2H3/t11-,12+,13?,14?/m1/s1. The summed E-state index contributed by atoms with van der Waals surface area (Å²) in [4.78, 5) is 0. The van der Waals surface area contributed by atoms with E-state index in [1.165, 1.54) is 0 Å². The first-order chi connectivity index (χ1) is 8.96. The molecule has 1 N–H and O–H groups in total. The van der Waals surface area contributed by atoms with Gasteiger partial charge in [-0.3, -0.25) is 0 Å². The second-order valence-corrected chi connectivity index (χ2v) is 6.31. The van der Waals surface area contributed by atoms with Gasteiger partial charge in [-0.1, -0.05) is 23.7 Å². The van der Waals surface area contributed by atoms with Crippen LogP contribution in [0.1, 0.15) is 38.4 Å². The molecule has 0 spiro atoms. The highest BCUT2D eigenvalue weighted by atomic mass is 35.5. The van der Waals surface area contributed by atoms with Crippen LogP contribution in [-0.2, 0) is 9.47 Å². The lowest BCUT2D eigenvalue weighted by Gasteiger charge is -2.25. The molecule has 2 aliphatic rings. The lowest BCUT2D eigenvalue weighted by atomic mass is 9.92. The van der Waals surface area contributed by atoms with E-state index in [-0.39, 0.29) is 18.1 Å². The molecular formula is C15H19ClO3. The van der Waals surface area contributed by atoms with Gasteiger partial charge in [-0.15, -0.1) is 0 Å². The Hall–Kier alpha value is -0.610. The fourth-order valence-electron chi connectivity index (χ4n) is 3.21. The molecule has 0 bridgehead atoms. The minimum absolute atomic E-state index is 0.0133. The number of benzene rings is 1. The van der Waals surface area contributed by atoms with Crippen LogP contribution in [0.5, 0.6) is 0 Å². The monoisotopic (exact) mass is 282 g/mol. The molecule has 1 aromatic rings. The molecule has 0 radical (unpaired) electrons. The van der Waals surface area contributed by atoms with Crippen LogP contribution < -0.4 is 0 Å². The largest absolute Gasteiger partial charge is 0.388 e. The number of hydrogen-bond acceptors (Lipinski definition) is 3. The first kappa shape index (κ1) is 13.4. The van der Waals surface area contributed by atoms with Gasteiger partial charge in [-0.25, -0.2) is 0 Å². The molecule has 19 heavy (non-hydrogen) atoms. The van der Waals surface area contributed by atoms with Gasteiger partial charge in [-0.2, -0.15) is 0 Å². The molecule has 0 aromatic heterocycles. The molecule has 1 heterocycles. The van der Waals surface area contributed by atoms with Crippen molar-refractivity contribution >= 4 is 11.6 Å². The average molecular weight is 283 g/mol. The van der Waals surface area contributed by atoms with Crippen molar-refractivity contribution < 1.29 is 14.6 Å². The van der Waals surface area contributed by atoms with Gasteiger partial charge in [0.1, 0.15) is 0 Å². The van der Waals surface area contributed by atoms with E-state index in [0.717, 1.165) is 18.4 Å². The van der Waals surface area contributed by atoms with Gasteiger partial charge in [0, 0.05) is 10.9 Å². The highest BCUT2D eigenvalue weighted by Gasteiger charge is 2.51. The van der Waals surface area contributed by atoms with E-state index in [4.69, 9.17) is 21.1 Å². The summed E-state index contributed by atoms with van der Waals surface area (Å²) in [6, 6.07) is 7.37. The first-order valence-electron chi connectivity index (χ1n) is 6.75. The van der Waals surface area contributed by atoms with Crippen LogP contribution in [-0.4, -0.2) is 23.1 Å². The molecule has 1 saturated heterocycles. The average Bonchev–Trinajstić information content (AvgIpc) is 2.84. The fourth-order valence-corrected chi connectivity index (χ4v) is 3.34. The van der Waals surface area contributed by atoms with Crippen LogP contribution in [0.15, 0.2) is 24.3 Å². The molecule has 104 valence electrons. The van der Waals surface area contributed by atoms with Crippen LogP contribution in [0, 0.1) is 5.92 Å². The molecule has 1 aliphatic carbocycles. The molecule has 2 fully saturated rings. The lowest BCUT2D eigenvalue weighted by molar-refractivity contribution is -0.161. The van der Waals surface area contributed by atoms with Crippen molar-refractivity contribution in [3.05, 3.63) is 34.9 Å². The van der Waals surface area contributed by atoms with E-state index in [1.54, 1.807) is 0 Å². The Morgan fingerprint density at radius 1 is 1.21 bits per heavy atom. The van der Waals surface area contributed by atoms with Crippen LogP contribution >= 0.6 is 11.6 Å². The molecule has 4 heteroatoms. The highest BCUT2D eigenvalue weighted by Crippen LogP contribution is 2.46. The summed E-state index contributed by atoms with van der Waals surface area (Å²) in [7, 11) is 0. The predicted octanol–water partition coefficient (Wildman–Crippen LogP) is 3.30. The maximum absolute atomic E-state index is 10.5. The molecule has 3 rings (SSSR count). The summed E-state index contributed by atoms with van der Waals surface area (Å²) in [6.45, 7) is 3.86. The summed E-state index contributed by atoms with van der Waals surface area (Å²) in [5.74, 6) is -0.443. The zero-order valence-corrected chi connectivity index (χ0v) is 11.9. The summed E-state index contributed by atoms with van der Waals surface area (Å²) in [6.07, 6.45) is 1.45. The molecular weight excluding hydrogens is 264 g/mol. The second kappa shape index (κ2) is 4.74. The fraction of sp³-hybridized carbons (Fsp3) is 0.600. The Balaban J connectivity index is 1.77. The first-order valence-corrected chi connectivity index (χ1v) is 7.13. The molecule has 1 saturated carbocycles. The third kappa shape index (κ3) is 2.52. The Bertz CT molecular complexity index is 457. The number of halogens is 1. The van der Waals surface area contributed by atoms with Crippen molar-refractivity contribution in [2.45, 2.75) is 50.8 Å². The van der Waals surface area contributed by atoms with Gasteiger partial charge in [0.25, 0.3) is 0 Å². The third-order valence-electron chi connectivity index (χ3n) is 4.05. The van der Waals surface area contributed by atoms with Gasteiger partial charge >= 0.3 is 0 Å². The Morgan fingerprint density at radius 3 is 2.58 bits per heavy atom. The smallest absolute Gasteiger partial charge is 0.163 e. The zero-order valence-electron chi connectivity index (χ0n) is 11.2. The number of ether oxygens (including phenoxy) is 2. The van der Waals surface area contributed by atoms with Gasteiger partial charge < -0.3 is 14.6 Å². The van der Waals surface area contributed by atoms with Crippen molar-refractivity contribution in [3.8, 4) is 0 Å². The molecule has 1 aliphatic heterocycles. The number of aliphatic hydroxyl groups excluding tert-OH is 1. The number of rotatable bonds is 2. The predicted molar refractivity (Wildman–Crippen MR) is 73.0 cm³/mol. The van der Waals surface area contributed by atoms with Crippen LogP contribution in [0.2, 0.25) is 5.02 Å². The van der Waals surface area contributed by atoms with Gasteiger partial charge in [0.15, 0.2) is 5.79 Å². The quantitative estimate of drug-likeness (QED) is 0.904. The molecule has 3 nitrogen and oxygen atoms in total. The van der Waals surface area contributed by atoms with Crippen molar-refractivity contribution in [1.82, 2.24) is 0 Å². The van der Waals surface area contributed by atoms with Gasteiger partial charge in [0.05, 0.1) is 18.3 Å². The van der Waals surface area contributed by atoms with E-state index < -0.39 is 11.9 Å². The summed E-state index contributed by atoms with van der Waals surface area (Å²) >= 11 is 5.88. The van der Waals surface area contributed by atoms with Crippen LogP contribution in [0.3, 0.4) is 0 Å². The third-order valence-corrected chi connectivity index (χ3v) is 4.30. The van der Waals surface area contributed by atoms with E-state index in [0.29, 0.717) is 5.02 Å². The highest BCUT2D eigenvalue weighted by molar-refractivity contribution is 6.30. The topological polar surface area (TPSA) is 38.7 Å². The molecule has 0 amide bonds. The van der Waals surface area contributed by atoms with Crippen molar-refractivity contribution in [2.24, 2.45) is 5.92 Å². The molecule has 4 atom stereocenters. The summed E-state index contributed by atoms with van der Waals surface area (Å²) < 4.78 is 11.8. The lowest BCUT2D eigenvalue weighted by Crippen LogP contribution is -2.29. The van der Waals surface area contributed by atoms with Crippen molar-refractivity contribution in [1.29, 1.82) is 0 Å². The normalized spacial score (nSPS) is 34.2. The van der Waals surface area contributed by atoms with E-state index in [1.807, 2.05) is 38.1 Å². The Kier molecular flexibility index (Phi) is 3.34. The van der Waals surface area contributed by atoms with E-state index in [9.17, 15) is 5.11 Å². The summed E-state index contributed by atoms with van der Waals surface area (Å²) in [5.41, 5.74) is 0.892. The van der Waals surface area contributed by atoms with E-state index >= 15 is 0 Å². The van der Waals surface area contributed by atoms with E-state index in [2.05, 4.69) is 0 Å². The number of fused-ring (bicyclic) bond motifs is 1. The maximum Gasteiger partial charge on any atom is 0.163 e. The van der Waals surface area contributed by atoms with Crippen LogP contribution in [0.25, 0.3) is 0 Å². The molecule has 1 aromatic carbocycles. The molecule has 2 unspecified atom stereocenters. The van der Waals surface area contributed by atoms with Crippen LogP contribution in [0.4, 0.5) is 0 Å². The van der Waals surface area contributed by atoms with Gasteiger partial charge in [-0.05, 0) is 44.4 Å². The number of hydrogen-bond donors (Lipinski definition) is 1. The second-order valence-electron chi connectivity index (χ2n) is 5.88. The van der Waals surface area contributed by atoms with Gasteiger partial charge in [0.2, 0.25) is 0 Å². The summed E-state index contributed by atoms with van der Waals surface area (Å²) in [5, 5.41) is 11.2. The zero-order chi connectivity index (χ0) is 13.6. The maximum atomic E-state index is 10.5.